The number of likely N-dealkylation sites (tertiary alicyclic amines) is 2. The van der Waals surface area contributed by atoms with Crippen LogP contribution in [0.15, 0.2) is 30.3 Å². The van der Waals surface area contributed by atoms with Gasteiger partial charge in [-0.15, -0.1) is 0 Å². The molecule has 2 atom stereocenters. The molecule has 0 radical (unpaired) electrons. The van der Waals surface area contributed by atoms with Crippen LogP contribution in [0.2, 0.25) is 0 Å². The fourth-order valence-corrected chi connectivity index (χ4v) is 6.86. The van der Waals surface area contributed by atoms with Crippen molar-refractivity contribution in [3.63, 3.8) is 0 Å². The second-order valence-electron chi connectivity index (χ2n) is 8.84. The third-order valence-corrected chi connectivity index (χ3v) is 8.01. The number of piperidine rings is 1. The van der Waals surface area contributed by atoms with Crippen LogP contribution in [0.1, 0.15) is 31.2 Å². The van der Waals surface area contributed by atoms with Crippen molar-refractivity contribution in [2.24, 2.45) is 5.73 Å². The number of carbonyl (C=O) groups is 2. The first-order valence-corrected chi connectivity index (χ1v) is 13.1. The van der Waals surface area contributed by atoms with E-state index in [0.717, 1.165) is 30.9 Å². The van der Waals surface area contributed by atoms with Gasteiger partial charge in [-0.25, -0.2) is 8.42 Å². The van der Waals surface area contributed by atoms with Crippen molar-refractivity contribution in [1.82, 2.24) is 19.4 Å². The molecule has 2 heterocycles. The highest BCUT2D eigenvalue weighted by Crippen LogP contribution is 2.37. The minimum atomic E-state index is -3.81. The molecule has 1 aromatic rings. The smallest absolute Gasteiger partial charge is 0.213 e. The van der Waals surface area contributed by atoms with E-state index in [1.807, 2.05) is 35.2 Å². The average Bonchev–Trinajstić information content (AvgIpc) is 3.26. The number of nitrogens with zero attached hydrogens (tertiary/aromatic N) is 3. The Kier molecular flexibility index (Phi) is 8.09. The molecule has 0 bridgehead atoms. The van der Waals surface area contributed by atoms with Crippen LogP contribution >= 0.6 is 0 Å². The fourth-order valence-electron chi connectivity index (χ4n) is 5.32. The van der Waals surface area contributed by atoms with Crippen LogP contribution in [0.5, 0.6) is 0 Å². The molecule has 1 amide bonds. The van der Waals surface area contributed by atoms with Crippen LogP contribution < -0.4 is 11.1 Å². The second kappa shape index (κ2) is 10.6. The number of aldehydes is 1. The van der Waals surface area contributed by atoms with Gasteiger partial charge in [0.05, 0.1) is 6.26 Å². The molecule has 0 spiro atoms. The second-order valence-corrected chi connectivity index (χ2v) is 10.7. The number of guanidine groups is 1. The van der Waals surface area contributed by atoms with Gasteiger partial charge in [-0.2, -0.15) is 4.31 Å². The summed E-state index contributed by atoms with van der Waals surface area (Å²) in [6, 6.07) is 8.84. The number of hydrogen-bond donors (Lipinski definition) is 3. The van der Waals surface area contributed by atoms with Crippen molar-refractivity contribution >= 4 is 28.7 Å². The van der Waals surface area contributed by atoms with Crippen molar-refractivity contribution in [3.05, 3.63) is 35.9 Å². The summed E-state index contributed by atoms with van der Waals surface area (Å²) >= 11 is 0. The molecule has 0 aliphatic carbocycles. The molecule has 33 heavy (non-hydrogen) atoms. The van der Waals surface area contributed by atoms with Gasteiger partial charge < -0.3 is 16.0 Å². The van der Waals surface area contributed by atoms with Gasteiger partial charge in [0, 0.05) is 44.7 Å². The topological polar surface area (TPSA) is 140 Å². The quantitative estimate of drug-likeness (QED) is 0.243. The standard InChI is InChI=1S/C22H34N6O4S/c1-33(31,32)28(19-9-12-26(13-10-19)21(23)24)22(16-29,14-18-6-3-2-4-7-18)27-11-5-8-20(27)15-25-17-30/h2-4,6-7,16-17,19-20H,5,8-15H2,1H3,(H3,23,24)(H,25,30). The molecule has 1 aromatic carbocycles. The molecule has 0 saturated carbocycles. The SMILES string of the molecule is CS(=O)(=O)N(C1CCN(C(=N)N)CC1)C(C=O)(Cc1ccccc1)N1CCCC1CNC=O. The summed E-state index contributed by atoms with van der Waals surface area (Å²) in [4.78, 5) is 27.7. The van der Waals surface area contributed by atoms with E-state index < -0.39 is 21.7 Å². The largest absolute Gasteiger partial charge is 0.370 e. The summed E-state index contributed by atoms with van der Waals surface area (Å²) < 4.78 is 28.0. The molecular formula is C22H34N6O4S. The zero-order valence-corrected chi connectivity index (χ0v) is 19.8. The van der Waals surface area contributed by atoms with E-state index in [0.29, 0.717) is 45.4 Å². The predicted octanol–water partition coefficient (Wildman–Crippen LogP) is -0.0458. The monoisotopic (exact) mass is 478 g/mol. The number of sulfonamides is 1. The summed E-state index contributed by atoms with van der Waals surface area (Å²) in [5.74, 6) is -0.0372. The fraction of sp³-hybridized carbons (Fsp3) is 0.591. The third kappa shape index (κ3) is 5.53. The number of carbonyl (C=O) groups excluding carboxylic acids is 2. The van der Waals surface area contributed by atoms with Gasteiger partial charge in [0.1, 0.15) is 5.66 Å². The lowest BCUT2D eigenvalue weighted by Gasteiger charge is -2.51. The van der Waals surface area contributed by atoms with Crippen molar-refractivity contribution in [3.8, 4) is 0 Å². The van der Waals surface area contributed by atoms with E-state index in [9.17, 15) is 18.0 Å². The Bertz CT molecular complexity index is 935. The normalized spacial score (nSPS) is 22.1. The first kappa shape index (κ1) is 25.1. The first-order chi connectivity index (χ1) is 15.7. The number of hydrogen-bond acceptors (Lipinski definition) is 6. The molecule has 2 aliphatic rings. The van der Waals surface area contributed by atoms with Gasteiger partial charge in [-0.3, -0.25) is 19.9 Å². The molecular weight excluding hydrogens is 444 g/mol. The Morgan fingerprint density at radius 3 is 2.42 bits per heavy atom. The van der Waals surface area contributed by atoms with Crippen LogP contribution in [0.4, 0.5) is 0 Å². The lowest BCUT2D eigenvalue weighted by molar-refractivity contribution is -0.131. The molecule has 4 N–H and O–H groups in total. The predicted molar refractivity (Wildman–Crippen MR) is 126 cm³/mol. The first-order valence-electron chi connectivity index (χ1n) is 11.3. The number of nitrogens with one attached hydrogen (secondary N) is 2. The Hall–Kier alpha value is -2.50. The molecule has 3 rings (SSSR count). The molecule has 0 aromatic heterocycles. The van der Waals surface area contributed by atoms with Crippen LogP contribution in [0, 0.1) is 5.41 Å². The van der Waals surface area contributed by atoms with E-state index in [2.05, 4.69) is 5.32 Å². The maximum absolute atomic E-state index is 13.3. The average molecular weight is 479 g/mol. The molecule has 2 saturated heterocycles. The highest BCUT2D eigenvalue weighted by Gasteiger charge is 2.53. The van der Waals surface area contributed by atoms with Gasteiger partial charge >= 0.3 is 0 Å². The van der Waals surface area contributed by atoms with Crippen molar-refractivity contribution < 1.29 is 18.0 Å². The number of benzene rings is 1. The highest BCUT2D eigenvalue weighted by atomic mass is 32.2. The zero-order valence-electron chi connectivity index (χ0n) is 19.0. The summed E-state index contributed by atoms with van der Waals surface area (Å²) in [6.07, 6.45) is 5.24. The van der Waals surface area contributed by atoms with Gasteiger partial charge in [0.15, 0.2) is 12.2 Å². The number of amides is 1. The van der Waals surface area contributed by atoms with Gasteiger partial charge in [0.25, 0.3) is 0 Å². The van der Waals surface area contributed by atoms with Gasteiger partial charge in [-0.05, 0) is 31.2 Å². The summed E-state index contributed by atoms with van der Waals surface area (Å²) in [5, 5.41) is 10.4. The minimum absolute atomic E-state index is 0.0372. The van der Waals surface area contributed by atoms with Crippen LogP contribution in [-0.4, -0.2) is 91.4 Å². The molecule has 2 aliphatic heterocycles. The molecule has 2 unspecified atom stereocenters. The van der Waals surface area contributed by atoms with Crippen LogP contribution in [-0.2, 0) is 26.0 Å². The molecule has 2 fully saturated rings. The number of nitrogens with two attached hydrogens (primary N) is 1. The van der Waals surface area contributed by atoms with Crippen LogP contribution in [0.3, 0.4) is 0 Å². The van der Waals surface area contributed by atoms with E-state index >= 15 is 0 Å². The third-order valence-electron chi connectivity index (χ3n) is 6.68. The summed E-state index contributed by atoms with van der Waals surface area (Å²) in [6.45, 7) is 1.79. The molecule has 182 valence electrons. The summed E-state index contributed by atoms with van der Waals surface area (Å²) in [5.41, 5.74) is 5.06. The minimum Gasteiger partial charge on any atom is -0.370 e. The molecule has 10 nitrogen and oxygen atoms in total. The Labute approximate surface area is 195 Å². The Morgan fingerprint density at radius 1 is 1.21 bits per heavy atom. The lowest BCUT2D eigenvalue weighted by atomic mass is 9.94. The van der Waals surface area contributed by atoms with E-state index in [4.69, 9.17) is 11.1 Å². The number of rotatable bonds is 10. The van der Waals surface area contributed by atoms with E-state index in [1.165, 1.54) is 4.31 Å². The van der Waals surface area contributed by atoms with Crippen molar-refractivity contribution in [2.75, 3.05) is 32.4 Å². The summed E-state index contributed by atoms with van der Waals surface area (Å²) in [7, 11) is -3.81. The Balaban J connectivity index is 2.07. The maximum atomic E-state index is 13.3. The zero-order chi connectivity index (χ0) is 24.1. The van der Waals surface area contributed by atoms with Crippen molar-refractivity contribution in [1.29, 1.82) is 5.41 Å². The molecule has 11 heteroatoms. The van der Waals surface area contributed by atoms with E-state index in [1.54, 1.807) is 4.90 Å². The Morgan fingerprint density at radius 2 is 1.88 bits per heavy atom. The van der Waals surface area contributed by atoms with Gasteiger partial charge in [-0.1, -0.05) is 30.3 Å². The van der Waals surface area contributed by atoms with Crippen molar-refractivity contribution in [2.45, 2.75) is 49.9 Å². The maximum Gasteiger partial charge on any atom is 0.213 e. The van der Waals surface area contributed by atoms with E-state index in [-0.39, 0.29) is 18.4 Å². The highest BCUT2D eigenvalue weighted by molar-refractivity contribution is 7.88. The van der Waals surface area contributed by atoms with Gasteiger partial charge in [0.2, 0.25) is 16.4 Å². The lowest BCUT2D eigenvalue weighted by Crippen LogP contribution is -2.69. The van der Waals surface area contributed by atoms with Crippen LogP contribution in [0.25, 0.3) is 0 Å².